The van der Waals surface area contributed by atoms with Crippen LogP contribution in [0.15, 0.2) is 97.1 Å². The summed E-state index contributed by atoms with van der Waals surface area (Å²) in [6.45, 7) is 0. The average Bonchev–Trinajstić information content (AvgIpc) is 2.83. The number of ether oxygens (including phenoxy) is 1. The fourth-order valence-corrected chi connectivity index (χ4v) is 3.68. The summed E-state index contributed by atoms with van der Waals surface area (Å²) in [6, 6.07) is 29.0. The lowest BCUT2D eigenvalue weighted by atomic mass is 10.2. The maximum atomic E-state index is 12.4. The Morgan fingerprint density at radius 3 is 1.18 bits per heavy atom. The second kappa shape index (κ2) is 10.8. The van der Waals surface area contributed by atoms with Crippen molar-refractivity contribution in [2.75, 3.05) is 10.6 Å². The number of rotatable bonds is 6. The van der Waals surface area contributed by atoms with Crippen LogP contribution in [0.5, 0.6) is 11.5 Å². The predicted octanol–water partition coefficient (Wildman–Crippen LogP) is 7.19. The van der Waals surface area contributed by atoms with Crippen molar-refractivity contribution in [2.24, 2.45) is 0 Å². The minimum absolute atomic E-state index is 0.189. The number of carbonyl (C=O) groups excluding carboxylic acids is 2. The first kappa shape index (κ1) is 23.2. The summed E-state index contributed by atoms with van der Waals surface area (Å²) in [5.41, 5.74) is 2.55. The van der Waals surface area contributed by atoms with Gasteiger partial charge < -0.3 is 15.4 Å². The fourth-order valence-electron chi connectivity index (χ4n) is 2.96. The Morgan fingerprint density at radius 2 is 0.848 bits per heavy atom. The summed E-state index contributed by atoms with van der Waals surface area (Å²) in [6.07, 6.45) is 0. The zero-order valence-corrected chi connectivity index (χ0v) is 21.5. The van der Waals surface area contributed by atoms with Crippen molar-refractivity contribution in [3.63, 3.8) is 0 Å². The van der Waals surface area contributed by atoms with Crippen LogP contribution in [0.2, 0.25) is 0 Å². The molecule has 0 aliphatic heterocycles. The third-order valence-corrected chi connectivity index (χ3v) is 6.11. The van der Waals surface area contributed by atoms with Crippen LogP contribution in [-0.2, 0) is 0 Å². The van der Waals surface area contributed by atoms with Gasteiger partial charge in [-0.25, -0.2) is 0 Å². The standard InChI is InChI=1S/C26H18I2N2O3/c27-19-5-9-21(10-6-19)29-25(31)17-1-13-23(14-2-17)33-24-15-3-18(4-16-24)26(32)30-22-11-7-20(28)8-12-22/h1-16H,(H,29,31)(H,30,32). The Morgan fingerprint density at radius 1 is 0.515 bits per heavy atom. The number of hydrogen-bond donors (Lipinski definition) is 2. The Balaban J connectivity index is 1.34. The largest absolute Gasteiger partial charge is 0.457 e. The highest BCUT2D eigenvalue weighted by molar-refractivity contribution is 14.1. The molecule has 2 amide bonds. The Kier molecular flexibility index (Phi) is 7.61. The van der Waals surface area contributed by atoms with E-state index >= 15 is 0 Å². The van der Waals surface area contributed by atoms with E-state index in [9.17, 15) is 9.59 Å². The van der Waals surface area contributed by atoms with Crippen LogP contribution in [0.3, 0.4) is 0 Å². The first-order valence-corrected chi connectivity index (χ1v) is 12.1. The summed E-state index contributed by atoms with van der Waals surface area (Å²) in [5.74, 6) is 0.811. The molecule has 0 aromatic heterocycles. The van der Waals surface area contributed by atoms with Gasteiger partial charge in [0.05, 0.1) is 0 Å². The fraction of sp³-hybridized carbons (Fsp3) is 0. The molecule has 0 unspecified atom stereocenters. The van der Waals surface area contributed by atoms with Gasteiger partial charge in [-0.1, -0.05) is 0 Å². The van der Waals surface area contributed by atoms with E-state index in [1.54, 1.807) is 48.5 Å². The van der Waals surface area contributed by atoms with Gasteiger partial charge in [0, 0.05) is 29.6 Å². The molecule has 4 aromatic rings. The molecule has 0 atom stereocenters. The normalized spacial score (nSPS) is 10.4. The average molecular weight is 660 g/mol. The van der Waals surface area contributed by atoms with Crippen molar-refractivity contribution in [2.45, 2.75) is 0 Å². The van der Waals surface area contributed by atoms with Gasteiger partial charge in [-0.3, -0.25) is 9.59 Å². The second-order valence-corrected chi connectivity index (χ2v) is 9.56. The van der Waals surface area contributed by atoms with E-state index in [-0.39, 0.29) is 11.8 Å². The molecule has 0 fully saturated rings. The smallest absolute Gasteiger partial charge is 0.255 e. The van der Waals surface area contributed by atoms with Crippen LogP contribution in [0, 0.1) is 7.14 Å². The van der Waals surface area contributed by atoms with E-state index < -0.39 is 0 Å². The van der Waals surface area contributed by atoms with Gasteiger partial charge in [0.2, 0.25) is 0 Å². The Hall–Kier alpha value is -2.92. The van der Waals surface area contributed by atoms with Crippen molar-refractivity contribution >= 4 is 68.4 Å². The van der Waals surface area contributed by atoms with Crippen molar-refractivity contribution in [3.8, 4) is 11.5 Å². The van der Waals surface area contributed by atoms with E-state index in [0.29, 0.717) is 22.6 Å². The molecule has 164 valence electrons. The molecule has 0 heterocycles. The quantitative estimate of drug-likeness (QED) is 0.215. The van der Waals surface area contributed by atoms with E-state index in [1.807, 2.05) is 48.5 Å². The molecule has 0 aliphatic rings. The number of halogens is 2. The molecule has 0 saturated heterocycles. The summed E-state index contributed by atoms with van der Waals surface area (Å²) >= 11 is 4.44. The van der Waals surface area contributed by atoms with E-state index in [1.165, 1.54) is 0 Å². The predicted molar refractivity (Wildman–Crippen MR) is 147 cm³/mol. The molecule has 7 heteroatoms. The number of anilines is 2. The van der Waals surface area contributed by atoms with Crippen LogP contribution in [0.4, 0.5) is 11.4 Å². The molecular formula is C26H18I2N2O3. The van der Waals surface area contributed by atoms with Crippen molar-refractivity contribution in [1.82, 2.24) is 0 Å². The molecule has 0 bridgehead atoms. The minimum Gasteiger partial charge on any atom is -0.457 e. The van der Waals surface area contributed by atoms with Gasteiger partial charge in [0.15, 0.2) is 0 Å². The lowest BCUT2D eigenvalue weighted by Gasteiger charge is -2.09. The molecular weight excluding hydrogens is 642 g/mol. The molecule has 0 saturated carbocycles. The van der Waals surface area contributed by atoms with Crippen LogP contribution in [-0.4, -0.2) is 11.8 Å². The van der Waals surface area contributed by atoms with Crippen LogP contribution in [0.1, 0.15) is 20.7 Å². The van der Waals surface area contributed by atoms with E-state index in [4.69, 9.17) is 4.74 Å². The summed E-state index contributed by atoms with van der Waals surface area (Å²) in [4.78, 5) is 24.9. The van der Waals surface area contributed by atoms with Crippen LogP contribution in [0.25, 0.3) is 0 Å². The lowest BCUT2D eigenvalue weighted by Crippen LogP contribution is -2.11. The van der Waals surface area contributed by atoms with Crippen molar-refractivity contribution in [3.05, 3.63) is 115 Å². The first-order valence-electron chi connectivity index (χ1n) is 9.98. The molecule has 2 N–H and O–H groups in total. The second-order valence-electron chi connectivity index (χ2n) is 7.07. The number of amides is 2. The number of nitrogens with one attached hydrogen (secondary N) is 2. The molecule has 0 aliphatic carbocycles. The molecule has 0 radical (unpaired) electrons. The van der Waals surface area contributed by atoms with Gasteiger partial charge in [-0.2, -0.15) is 0 Å². The summed E-state index contributed by atoms with van der Waals surface area (Å²) < 4.78 is 8.05. The zero-order valence-electron chi connectivity index (χ0n) is 17.2. The van der Waals surface area contributed by atoms with E-state index in [0.717, 1.165) is 18.5 Å². The summed E-state index contributed by atoms with van der Waals surface area (Å²) in [5, 5.41) is 5.74. The topological polar surface area (TPSA) is 67.4 Å². The van der Waals surface area contributed by atoms with E-state index in [2.05, 4.69) is 55.8 Å². The van der Waals surface area contributed by atoms with Crippen LogP contribution < -0.4 is 15.4 Å². The van der Waals surface area contributed by atoms with Gasteiger partial charge >= 0.3 is 0 Å². The Labute approximate surface area is 218 Å². The zero-order chi connectivity index (χ0) is 23.2. The SMILES string of the molecule is O=C(Nc1ccc(I)cc1)c1ccc(Oc2ccc(C(=O)Nc3ccc(I)cc3)cc2)cc1. The third kappa shape index (κ3) is 6.55. The Bertz CT molecular complexity index is 1150. The summed E-state index contributed by atoms with van der Waals surface area (Å²) in [7, 11) is 0. The monoisotopic (exact) mass is 660 g/mol. The maximum absolute atomic E-state index is 12.4. The minimum atomic E-state index is -0.189. The number of benzene rings is 4. The highest BCUT2D eigenvalue weighted by atomic mass is 127. The van der Waals surface area contributed by atoms with Crippen molar-refractivity contribution in [1.29, 1.82) is 0 Å². The van der Waals surface area contributed by atoms with Gasteiger partial charge in [-0.15, -0.1) is 0 Å². The molecule has 0 spiro atoms. The maximum Gasteiger partial charge on any atom is 0.255 e. The number of hydrogen-bond acceptors (Lipinski definition) is 3. The van der Waals surface area contributed by atoms with Crippen LogP contribution >= 0.6 is 45.2 Å². The lowest BCUT2D eigenvalue weighted by molar-refractivity contribution is 0.101. The molecule has 4 aromatic carbocycles. The van der Waals surface area contributed by atoms with Crippen molar-refractivity contribution < 1.29 is 14.3 Å². The van der Waals surface area contributed by atoms with Gasteiger partial charge in [0.25, 0.3) is 11.8 Å². The molecule has 5 nitrogen and oxygen atoms in total. The van der Waals surface area contributed by atoms with Gasteiger partial charge in [0.1, 0.15) is 11.5 Å². The third-order valence-electron chi connectivity index (χ3n) is 4.67. The first-order chi connectivity index (χ1) is 16.0. The molecule has 4 rings (SSSR count). The highest BCUT2D eigenvalue weighted by Crippen LogP contribution is 2.23. The highest BCUT2D eigenvalue weighted by Gasteiger charge is 2.09. The van der Waals surface area contributed by atoms with Gasteiger partial charge in [-0.05, 0) is 142 Å². The molecule has 33 heavy (non-hydrogen) atoms. The number of carbonyl (C=O) groups is 2.